The number of hydrogen-bond donors (Lipinski definition) is 2. The van der Waals surface area contributed by atoms with Crippen LogP contribution in [0.4, 0.5) is 0 Å². The Bertz CT molecular complexity index is 428. The van der Waals surface area contributed by atoms with Gasteiger partial charge in [0.25, 0.3) is 0 Å². The molecule has 1 aliphatic rings. The van der Waals surface area contributed by atoms with Crippen molar-refractivity contribution >= 4 is 0 Å². The van der Waals surface area contributed by atoms with Gasteiger partial charge in [-0.15, -0.1) is 0 Å². The summed E-state index contributed by atoms with van der Waals surface area (Å²) in [5, 5.41) is 13.8. The molecule has 4 heteroatoms. The molecule has 0 radical (unpaired) electrons. The normalized spacial score (nSPS) is 17.8. The van der Waals surface area contributed by atoms with E-state index in [-0.39, 0.29) is 0 Å². The number of methoxy groups -OCH3 is 2. The molecule has 0 aromatic heterocycles. The minimum absolute atomic E-state index is 0.530. The van der Waals surface area contributed by atoms with E-state index in [1.165, 1.54) is 6.42 Å². The van der Waals surface area contributed by atoms with Crippen molar-refractivity contribution in [2.45, 2.75) is 44.2 Å². The molecule has 20 heavy (non-hydrogen) atoms. The van der Waals surface area contributed by atoms with Crippen LogP contribution in [0.25, 0.3) is 0 Å². The first-order chi connectivity index (χ1) is 9.67. The number of nitrogens with one attached hydrogen (secondary N) is 1. The number of rotatable bonds is 6. The maximum atomic E-state index is 10.4. The Morgan fingerprint density at radius 2 is 1.90 bits per heavy atom. The number of ether oxygens (including phenoxy) is 2. The highest BCUT2D eigenvalue weighted by Gasteiger charge is 2.28. The molecular weight excluding hydrogens is 254 g/mol. The van der Waals surface area contributed by atoms with Gasteiger partial charge >= 0.3 is 0 Å². The van der Waals surface area contributed by atoms with Crippen LogP contribution in [-0.2, 0) is 6.54 Å². The van der Waals surface area contributed by atoms with Gasteiger partial charge < -0.3 is 19.9 Å². The fourth-order valence-corrected chi connectivity index (χ4v) is 2.81. The minimum atomic E-state index is -0.530. The molecule has 0 bridgehead atoms. The molecule has 0 unspecified atom stereocenters. The maximum absolute atomic E-state index is 10.4. The second kappa shape index (κ2) is 6.95. The lowest BCUT2D eigenvalue weighted by molar-refractivity contribution is 0.00464. The predicted octanol–water partition coefficient (Wildman–Crippen LogP) is 2.49. The summed E-state index contributed by atoms with van der Waals surface area (Å²) < 4.78 is 10.6. The van der Waals surface area contributed by atoms with E-state index in [1.54, 1.807) is 14.2 Å². The monoisotopic (exact) mass is 279 g/mol. The standard InChI is InChI=1S/C16H25NO3/c1-19-14-7-6-13(15(10-14)20-2)11-17-12-16(18)8-4-3-5-9-16/h6-7,10,17-18H,3-5,8-9,11-12H2,1-2H3. The van der Waals surface area contributed by atoms with E-state index in [4.69, 9.17) is 9.47 Å². The third-order valence-electron chi connectivity index (χ3n) is 4.05. The summed E-state index contributed by atoms with van der Waals surface area (Å²) in [4.78, 5) is 0. The Kier molecular flexibility index (Phi) is 5.26. The molecule has 0 aliphatic heterocycles. The highest BCUT2D eigenvalue weighted by molar-refractivity contribution is 5.40. The fourth-order valence-electron chi connectivity index (χ4n) is 2.81. The van der Waals surface area contributed by atoms with E-state index in [2.05, 4.69) is 5.32 Å². The van der Waals surface area contributed by atoms with Gasteiger partial charge in [0.05, 0.1) is 19.8 Å². The lowest BCUT2D eigenvalue weighted by Crippen LogP contribution is -2.41. The smallest absolute Gasteiger partial charge is 0.127 e. The van der Waals surface area contributed by atoms with Crippen LogP contribution in [0, 0.1) is 0 Å². The molecule has 0 saturated heterocycles. The minimum Gasteiger partial charge on any atom is -0.497 e. The van der Waals surface area contributed by atoms with E-state index in [0.29, 0.717) is 13.1 Å². The second-order valence-electron chi connectivity index (χ2n) is 5.57. The highest BCUT2D eigenvalue weighted by atomic mass is 16.5. The van der Waals surface area contributed by atoms with Gasteiger partial charge in [-0.3, -0.25) is 0 Å². The van der Waals surface area contributed by atoms with Gasteiger partial charge in [0, 0.05) is 24.7 Å². The third kappa shape index (κ3) is 3.87. The van der Waals surface area contributed by atoms with Crippen molar-refractivity contribution in [1.82, 2.24) is 5.32 Å². The average molecular weight is 279 g/mol. The van der Waals surface area contributed by atoms with Crippen LogP contribution in [-0.4, -0.2) is 31.5 Å². The van der Waals surface area contributed by atoms with E-state index >= 15 is 0 Å². The molecule has 0 amide bonds. The lowest BCUT2D eigenvalue weighted by Gasteiger charge is -2.32. The highest BCUT2D eigenvalue weighted by Crippen LogP contribution is 2.28. The quantitative estimate of drug-likeness (QED) is 0.840. The van der Waals surface area contributed by atoms with Crippen LogP contribution >= 0.6 is 0 Å². The fraction of sp³-hybridized carbons (Fsp3) is 0.625. The van der Waals surface area contributed by atoms with Gasteiger partial charge in [-0.2, -0.15) is 0 Å². The summed E-state index contributed by atoms with van der Waals surface area (Å²) in [6, 6.07) is 5.80. The molecule has 4 nitrogen and oxygen atoms in total. The predicted molar refractivity (Wildman–Crippen MR) is 79.3 cm³/mol. The van der Waals surface area contributed by atoms with Crippen LogP contribution in [0.2, 0.25) is 0 Å². The van der Waals surface area contributed by atoms with Gasteiger partial charge in [0.15, 0.2) is 0 Å². The molecule has 1 fully saturated rings. The van der Waals surface area contributed by atoms with Crippen molar-refractivity contribution in [2.24, 2.45) is 0 Å². The van der Waals surface area contributed by atoms with E-state index < -0.39 is 5.60 Å². The van der Waals surface area contributed by atoms with Crippen LogP contribution in [0.3, 0.4) is 0 Å². The van der Waals surface area contributed by atoms with Crippen molar-refractivity contribution in [3.63, 3.8) is 0 Å². The number of aliphatic hydroxyl groups is 1. The van der Waals surface area contributed by atoms with Crippen LogP contribution in [0.15, 0.2) is 18.2 Å². The Morgan fingerprint density at radius 3 is 2.55 bits per heavy atom. The first kappa shape index (κ1) is 15.1. The number of hydrogen-bond acceptors (Lipinski definition) is 4. The molecule has 0 spiro atoms. The van der Waals surface area contributed by atoms with Crippen molar-refractivity contribution in [2.75, 3.05) is 20.8 Å². The summed E-state index contributed by atoms with van der Waals surface area (Å²) in [7, 11) is 3.30. The second-order valence-corrected chi connectivity index (χ2v) is 5.57. The van der Waals surface area contributed by atoms with Gasteiger partial charge in [-0.05, 0) is 18.9 Å². The summed E-state index contributed by atoms with van der Waals surface area (Å²) in [5.41, 5.74) is 0.547. The molecule has 1 aromatic carbocycles. The van der Waals surface area contributed by atoms with Gasteiger partial charge in [-0.25, -0.2) is 0 Å². The summed E-state index contributed by atoms with van der Waals surface area (Å²) in [6.07, 6.45) is 5.31. The zero-order chi connectivity index (χ0) is 14.4. The first-order valence-corrected chi connectivity index (χ1v) is 7.31. The van der Waals surface area contributed by atoms with Crippen molar-refractivity contribution in [3.05, 3.63) is 23.8 Å². The summed E-state index contributed by atoms with van der Waals surface area (Å²) in [5.74, 6) is 1.60. The molecule has 1 aliphatic carbocycles. The lowest BCUT2D eigenvalue weighted by atomic mass is 9.85. The van der Waals surface area contributed by atoms with Crippen molar-refractivity contribution in [3.8, 4) is 11.5 Å². The van der Waals surface area contributed by atoms with E-state index in [1.807, 2.05) is 18.2 Å². The van der Waals surface area contributed by atoms with Crippen LogP contribution in [0.5, 0.6) is 11.5 Å². The Labute approximate surface area is 121 Å². The SMILES string of the molecule is COc1ccc(CNCC2(O)CCCCC2)c(OC)c1. The topological polar surface area (TPSA) is 50.7 Å². The molecule has 112 valence electrons. The molecule has 1 aromatic rings. The summed E-state index contributed by atoms with van der Waals surface area (Å²) in [6.45, 7) is 1.33. The average Bonchev–Trinajstić information content (AvgIpc) is 2.48. The van der Waals surface area contributed by atoms with E-state index in [9.17, 15) is 5.11 Å². The van der Waals surface area contributed by atoms with Gasteiger partial charge in [0.1, 0.15) is 11.5 Å². The van der Waals surface area contributed by atoms with Gasteiger partial charge in [-0.1, -0.05) is 25.3 Å². The Balaban J connectivity index is 1.90. The molecular formula is C16H25NO3. The molecule has 0 atom stereocenters. The zero-order valence-corrected chi connectivity index (χ0v) is 12.4. The molecule has 0 heterocycles. The molecule has 2 rings (SSSR count). The van der Waals surface area contributed by atoms with Crippen molar-refractivity contribution < 1.29 is 14.6 Å². The van der Waals surface area contributed by atoms with Crippen molar-refractivity contribution in [1.29, 1.82) is 0 Å². The van der Waals surface area contributed by atoms with E-state index in [0.717, 1.165) is 42.7 Å². The van der Waals surface area contributed by atoms with Crippen LogP contribution in [0.1, 0.15) is 37.7 Å². The number of benzene rings is 1. The molecule has 1 saturated carbocycles. The maximum Gasteiger partial charge on any atom is 0.127 e. The largest absolute Gasteiger partial charge is 0.497 e. The zero-order valence-electron chi connectivity index (χ0n) is 12.4. The third-order valence-corrected chi connectivity index (χ3v) is 4.05. The molecule has 2 N–H and O–H groups in total. The summed E-state index contributed by atoms with van der Waals surface area (Å²) >= 11 is 0. The van der Waals surface area contributed by atoms with Crippen LogP contribution < -0.4 is 14.8 Å². The Hall–Kier alpha value is -1.26. The first-order valence-electron chi connectivity index (χ1n) is 7.31. The Morgan fingerprint density at radius 1 is 1.15 bits per heavy atom. The van der Waals surface area contributed by atoms with Gasteiger partial charge in [0.2, 0.25) is 0 Å².